The van der Waals surface area contributed by atoms with Gasteiger partial charge in [0.2, 0.25) is 0 Å². The molecule has 106 valence electrons. The molecule has 1 saturated carbocycles. The molecule has 0 aromatic rings. The minimum Gasteiger partial charge on any atom is -0.312 e. The molecule has 2 aliphatic rings. The largest absolute Gasteiger partial charge is 0.312 e. The SMILES string of the molecule is CCCNC(CC)C(C)N1CCCC2CCCC21. The monoisotopic (exact) mass is 252 g/mol. The maximum absolute atomic E-state index is 3.75. The van der Waals surface area contributed by atoms with Gasteiger partial charge in [-0.1, -0.05) is 20.3 Å². The van der Waals surface area contributed by atoms with Crippen LogP contribution in [0.2, 0.25) is 0 Å². The molecule has 2 rings (SSSR count). The van der Waals surface area contributed by atoms with Crippen LogP contribution in [0.4, 0.5) is 0 Å². The molecule has 1 aliphatic heterocycles. The van der Waals surface area contributed by atoms with E-state index in [0.29, 0.717) is 12.1 Å². The normalized spacial score (nSPS) is 32.2. The van der Waals surface area contributed by atoms with Gasteiger partial charge in [0.1, 0.15) is 0 Å². The minimum absolute atomic E-state index is 0.685. The van der Waals surface area contributed by atoms with Gasteiger partial charge in [-0.15, -0.1) is 0 Å². The van der Waals surface area contributed by atoms with E-state index < -0.39 is 0 Å². The van der Waals surface area contributed by atoms with Gasteiger partial charge in [0.15, 0.2) is 0 Å². The maximum Gasteiger partial charge on any atom is 0.0224 e. The summed E-state index contributed by atoms with van der Waals surface area (Å²) in [5.74, 6) is 1.02. The second-order valence-electron chi connectivity index (χ2n) is 6.35. The van der Waals surface area contributed by atoms with Gasteiger partial charge in [0.05, 0.1) is 0 Å². The molecule has 1 heterocycles. The topological polar surface area (TPSA) is 15.3 Å². The number of hydrogen-bond donors (Lipinski definition) is 1. The Morgan fingerprint density at radius 1 is 1.17 bits per heavy atom. The van der Waals surface area contributed by atoms with Gasteiger partial charge >= 0.3 is 0 Å². The van der Waals surface area contributed by atoms with Gasteiger partial charge in [0.25, 0.3) is 0 Å². The van der Waals surface area contributed by atoms with Crippen molar-refractivity contribution < 1.29 is 0 Å². The van der Waals surface area contributed by atoms with Crippen LogP contribution in [0, 0.1) is 5.92 Å². The standard InChI is InChI=1S/C16H32N2/c1-4-11-17-15(5-2)13(3)18-12-7-9-14-8-6-10-16(14)18/h13-17H,4-12H2,1-3H3. The Kier molecular flexibility index (Phi) is 5.50. The third-order valence-corrected chi connectivity index (χ3v) is 5.24. The highest BCUT2D eigenvalue weighted by atomic mass is 15.2. The zero-order chi connectivity index (χ0) is 13.0. The van der Waals surface area contributed by atoms with Crippen LogP contribution in [-0.2, 0) is 0 Å². The van der Waals surface area contributed by atoms with E-state index in [-0.39, 0.29) is 0 Å². The quantitative estimate of drug-likeness (QED) is 0.779. The van der Waals surface area contributed by atoms with Crippen LogP contribution in [0.25, 0.3) is 0 Å². The van der Waals surface area contributed by atoms with E-state index in [2.05, 4.69) is 31.0 Å². The Bertz CT molecular complexity index is 241. The Morgan fingerprint density at radius 2 is 1.94 bits per heavy atom. The maximum atomic E-state index is 3.75. The molecule has 0 bridgehead atoms. The first-order valence-electron chi connectivity index (χ1n) is 8.27. The zero-order valence-corrected chi connectivity index (χ0v) is 12.6. The number of nitrogens with zero attached hydrogens (tertiary/aromatic N) is 1. The fourth-order valence-corrected chi connectivity index (χ4v) is 4.22. The van der Waals surface area contributed by atoms with Gasteiger partial charge in [0, 0.05) is 18.1 Å². The van der Waals surface area contributed by atoms with Gasteiger partial charge in [-0.25, -0.2) is 0 Å². The highest BCUT2D eigenvalue weighted by Crippen LogP contribution is 2.38. The lowest BCUT2D eigenvalue weighted by Crippen LogP contribution is -2.55. The van der Waals surface area contributed by atoms with Crippen molar-refractivity contribution in [2.24, 2.45) is 5.92 Å². The second kappa shape index (κ2) is 6.91. The molecular formula is C16H32N2. The van der Waals surface area contributed by atoms with E-state index in [1.165, 1.54) is 58.0 Å². The number of likely N-dealkylation sites (tertiary alicyclic amines) is 1. The van der Waals surface area contributed by atoms with Crippen LogP contribution in [-0.4, -0.2) is 36.1 Å². The molecule has 2 heteroatoms. The highest BCUT2D eigenvalue weighted by Gasteiger charge is 2.38. The van der Waals surface area contributed by atoms with E-state index in [1.807, 2.05) is 0 Å². The number of nitrogens with one attached hydrogen (secondary N) is 1. The first-order valence-corrected chi connectivity index (χ1v) is 8.27. The second-order valence-corrected chi connectivity index (χ2v) is 6.35. The van der Waals surface area contributed by atoms with Crippen LogP contribution in [0.3, 0.4) is 0 Å². The lowest BCUT2D eigenvalue weighted by molar-refractivity contribution is 0.0561. The number of piperidine rings is 1. The summed E-state index contributed by atoms with van der Waals surface area (Å²) in [6.07, 6.45) is 9.84. The van der Waals surface area contributed by atoms with Crippen molar-refractivity contribution in [2.75, 3.05) is 13.1 Å². The van der Waals surface area contributed by atoms with Crippen LogP contribution >= 0.6 is 0 Å². The zero-order valence-electron chi connectivity index (χ0n) is 12.6. The fraction of sp³-hybridized carbons (Fsp3) is 1.00. The molecule has 4 unspecified atom stereocenters. The van der Waals surface area contributed by atoms with Gasteiger partial charge in [-0.3, -0.25) is 4.90 Å². The van der Waals surface area contributed by atoms with Gasteiger partial charge in [-0.2, -0.15) is 0 Å². The van der Waals surface area contributed by atoms with E-state index in [4.69, 9.17) is 0 Å². The first-order chi connectivity index (χ1) is 8.77. The smallest absolute Gasteiger partial charge is 0.0224 e. The van der Waals surface area contributed by atoms with Crippen LogP contribution < -0.4 is 5.32 Å². The first kappa shape index (κ1) is 14.3. The molecule has 2 fully saturated rings. The molecule has 0 radical (unpaired) electrons. The van der Waals surface area contributed by atoms with E-state index >= 15 is 0 Å². The predicted molar refractivity (Wildman–Crippen MR) is 78.9 cm³/mol. The third-order valence-electron chi connectivity index (χ3n) is 5.24. The molecule has 2 nitrogen and oxygen atoms in total. The summed E-state index contributed by atoms with van der Waals surface area (Å²) in [5, 5.41) is 3.75. The molecule has 18 heavy (non-hydrogen) atoms. The van der Waals surface area contributed by atoms with Crippen LogP contribution in [0.15, 0.2) is 0 Å². The van der Waals surface area contributed by atoms with E-state index in [0.717, 1.165) is 12.0 Å². The predicted octanol–water partition coefficient (Wildman–Crippen LogP) is 3.42. The molecule has 0 aromatic heterocycles. The molecular weight excluding hydrogens is 220 g/mol. The van der Waals surface area contributed by atoms with Gasteiger partial charge < -0.3 is 5.32 Å². The molecule has 4 atom stereocenters. The van der Waals surface area contributed by atoms with Crippen molar-refractivity contribution >= 4 is 0 Å². The number of rotatable bonds is 6. The van der Waals surface area contributed by atoms with Crippen molar-refractivity contribution in [2.45, 2.75) is 83.8 Å². The Morgan fingerprint density at radius 3 is 2.67 bits per heavy atom. The summed E-state index contributed by atoms with van der Waals surface area (Å²) < 4.78 is 0. The van der Waals surface area contributed by atoms with Crippen LogP contribution in [0.5, 0.6) is 0 Å². The van der Waals surface area contributed by atoms with Crippen molar-refractivity contribution in [3.63, 3.8) is 0 Å². The molecule has 1 saturated heterocycles. The fourth-order valence-electron chi connectivity index (χ4n) is 4.22. The third kappa shape index (κ3) is 3.08. The Labute approximate surface area is 114 Å². The molecule has 0 aromatic carbocycles. The highest BCUT2D eigenvalue weighted by molar-refractivity contribution is 4.93. The van der Waals surface area contributed by atoms with Gasteiger partial charge in [-0.05, 0) is 64.5 Å². The summed E-state index contributed by atoms with van der Waals surface area (Å²) in [6.45, 7) is 9.56. The lowest BCUT2D eigenvalue weighted by Gasteiger charge is -2.44. The molecule has 1 aliphatic carbocycles. The minimum atomic E-state index is 0.685. The van der Waals surface area contributed by atoms with Crippen LogP contribution in [0.1, 0.15) is 65.7 Å². The average molecular weight is 252 g/mol. The van der Waals surface area contributed by atoms with E-state index in [9.17, 15) is 0 Å². The Balaban J connectivity index is 1.95. The van der Waals surface area contributed by atoms with Crippen molar-refractivity contribution in [3.05, 3.63) is 0 Å². The summed E-state index contributed by atoms with van der Waals surface area (Å²) in [4.78, 5) is 2.85. The molecule has 1 N–H and O–H groups in total. The summed E-state index contributed by atoms with van der Waals surface area (Å²) in [6, 6.07) is 2.31. The van der Waals surface area contributed by atoms with Crippen molar-refractivity contribution in [1.82, 2.24) is 10.2 Å². The number of fused-ring (bicyclic) bond motifs is 1. The lowest BCUT2D eigenvalue weighted by atomic mass is 9.89. The summed E-state index contributed by atoms with van der Waals surface area (Å²) in [7, 11) is 0. The molecule has 0 amide bonds. The molecule has 0 spiro atoms. The van der Waals surface area contributed by atoms with E-state index in [1.54, 1.807) is 0 Å². The summed E-state index contributed by atoms with van der Waals surface area (Å²) in [5.41, 5.74) is 0. The summed E-state index contributed by atoms with van der Waals surface area (Å²) >= 11 is 0. The number of hydrogen-bond acceptors (Lipinski definition) is 2. The van der Waals surface area contributed by atoms with Crippen molar-refractivity contribution in [1.29, 1.82) is 0 Å². The Hall–Kier alpha value is -0.0800. The van der Waals surface area contributed by atoms with Crippen molar-refractivity contribution in [3.8, 4) is 0 Å². The average Bonchev–Trinajstić information content (AvgIpc) is 2.87.